The maximum Gasteiger partial charge on any atom is 0.337 e. The largest absolute Gasteiger partial charge is 0.465 e. The Labute approximate surface area is 124 Å². The summed E-state index contributed by atoms with van der Waals surface area (Å²) in [4.78, 5) is 23.3. The number of hydrogen-bond donors (Lipinski definition) is 2. The SMILES string of the molecule is COC(=O)c1ccc(NC(=O)[C@@H]2CCCCN2)cc1.Cl. The van der Waals surface area contributed by atoms with E-state index in [0.717, 1.165) is 25.8 Å². The molecule has 1 aliphatic heterocycles. The van der Waals surface area contributed by atoms with Gasteiger partial charge in [-0.15, -0.1) is 12.4 Å². The molecule has 1 fully saturated rings. The summed E-state index contributed by atoms with van der Waals surface area (Å²) in [7, 11) is 1.34. The molecule has 1 saturated heterocycles. The van der Waals surface area contributed by atoms with Crippen molar-refractivity contribution in [3.05, 3.63) is 29.8 Å². The number of halogens is 1. The lowest BCUT2D eigenvalue weighted by Crippen LogP contribution is -2.43. The molecule has 1 atom stereocenters. The fourth-order valence-electron chi connectivity index (χ4n) is 2.11. The fraction of sp³-hybridized carbons (Fsp3) is 0.429. The van der Waals surface area contributed by atoms with Gasteiger partial charge in [-0.1, -0.05) is 6.42 Å². The highest BCUT2D eigenvalue weighted by Crippen LogP contribution is 2.13. The van der Waals surface area contributed by atoms with Gasteiger partial charge in [-0.25, -0.2) is 4.79 Å². The molecule has 0 unspecified atom stereocenters. The van der Waals surface area contributed by atoms with E-state index in [0.29, 0.717) is 11.3 Å². The summed E-state index contributed by atoms with van der Waals surface area (Å²) >= 11 is 0. The van der Waals surface area contributed by atoms with Crippen molar-refractivity contribution >= 4 is 30.0 Å². The summed E-state index contributed by atoms with van der Waals surface area (Å²) in [5, 5.41) is 6.03. The van der Waals surface area contributed by atoms with E-state index in [9.17, 15) is 9.59 Å². The van der Waals surface area contributed by atoms with Crippen LogP contribution in [0.5, 0.6) is 0 Å². The molecule has 0 bridgehead atoms. The van der Waals surface area contributed by atoms with Gasteiger partial charge in [-0.05, 0) is 43.7 Å². The summed E-state index contributed by atoms with van der Waals surface area (Å²) in [5.41, 5.74) is 1.15. The zero-order chi connectivity index (χ0) is 13.7. The maximum absolute atomic E-state index is 12.0. The highest BCUT2D eigenvalue weighted by Gasteiger charge is 2.20. The second-order valence-corrected chi connectivity index (χ2v) is 4.56. The van der Waals surface area contributed by atoms with Crippen LogP contribution < -0.4 is 10.6 Å². The second-order valence-electron chi connectivity index (χ2n) is 4.56. The summed E-state index contributed by atoms with van der Waals surface area (Å²) in [6.07, 6.45) is 3.07. The van der Waals surface area contributed by atoms with Crippen LogP contribution >= 0.6 is 12.4 Å². The average Bonchev–Trinajstić information content (AvgIpc) is 2.48. The third-order valence-electron chi connectivity index (χ3n) is 3.20. The molecular weight excluding hydrogens is 280 g/mol. The highest BCUT2D eigenvalue weighted by atomic mass is 35.5. The van der Waals surface area contributed by atoms with Crippen LogP contribution in [0.25, 0.3) is 0 Å². The number of carbonyl (C=O) groups is 2. The van der Waals surface area contributed by atoms with Crippen molar-refractivity contribution < 1.29 is 14.3 Å². The van der Waals surface area contributed by atoms with Gasteiger partial charge in [0.05, 0.1) is 18.7 Å². The van der Waals surface area contributed by atoms with Crippen molar-refractivity contribution in [2.45, 2.75) is 25.3 Å². The van der Waals surface area contributed by atoms with Gasteiger partial charge < -0.3 is 15.4 Å². The van der Waals surface area contributed by atoms with E-state index < -0.39 is 0 Å². The monoisotopic (exact) mass is 298 g/mol. The molecule has 0 spiro atoms. The molecule has 2 N–H and O–H groups in total. The van der Waals surface area contributed by atoms with Crippen molar-refractivity contribution in [1.29, 1.82) is 0 Å². The molecule has 0 saturated carbocycles. The summed E-state index contributed by atoms with van der Waals surface area (Å²) in [6, 6.07) is 6.56. The van der Waals surface area contributed by atoms with Gasteiger partial charge in [0.1, 0.15) is 0 Å². The molecule has 1 amide bonds. The molecule has 0 aliphatic carbocycles. The number of esters is 1. The van der Waals surface area contributed by atoms with E-state index in [1.807, 2.05) is 0 Å². The summed E-state index contributed by atoms with van der Waals surface area (Å²) in [6.45, 7) is 0.888. The Hall–Kier alpha value is -1.59. The van der Waals surface area contributed by atoms with E-state index >= 15 is 0 Å². The summed E-state index contributed by atoms with van der Waals surface area (Å²) in [5.74, 6) is -0.405. The molecule has 20 heavy (non-hydrogen) atoms. The van der Waals surface area contributed by atoms with Crippen LogP contribution in [0.2, 0.25) is 0 Å². The first kappa shape index (κ1) is 16.5. The molecule has 1 aliphatic rings. The number of benzene rings is 1. The number of rotatable bonds is 3. The van der Waals surface area contributed by atoms with Crippen LogP contribution in [-0.4, -0.2) is 31.6 Å². The topological polar surface area (TPSA) is 67.4 Å². The van der Waals surface area contributed by atoms with E-state index in [1.165, 1.54) is 7.11 Å². The zero-order valence-corrected chi connectivity index (χ0v) is 12.2. The fourth-order valence-corrected chi connectivity index (χ4v) is 2.11. The van der Waals surface area contributed by atoms with E-state index in [2.05, 4.69) is 15.4 Å². The molecule has 1 aromatic rings. The lowest BCUT2D eigenvalue weighted by Gasteiger charge is -2.22. The Kier molecular flexibility index (Phi) is 6.48. The Morgan fingerprint density at radius 2 is 1.95 bits per heavy atom. The molecule has 2 rings (SSSR count). The van der Waals surface area contributed by atoms with Crippen molar-refractivity contribution in [2.24, 2.45) is 0 Å². The minimum atomic E-state index is -0.383. The molecule has 110 valence electrons. The molecule has 6 heteroatoms. The standard InChI is InChI=1S/C14H18N2O3.ClH/c1-19-14(18)10-5-7-11(8-6-10)16-13(17)12-4-2-3-9-15-12;/h5-8,12,15H,2-4,9H2,1H3,(H,16,17);1H/t12-;/m0./s1. The van der Waals surface area contributed by atoms with Crippen LogP contribution in [0.15, 0.2) is 24.3 Å². The molecule has 0 aromatic heterocycles. The number of anilines is 1. The van der Waals surface area contributed by atoms with E-state index in [-0.39, 0.29) is 30.3 Å². The Balaban J connectivity index is 0.00000200. The average molecular weight is 299 g/mol. The number of methoxy groups -OCH3 is 1. The normalized spacial score (nSPS) is 17.8. The molecule has 0 radical (unpaired) electrons. The number of hydrogen-bond acceptors (Lipinski definition) is 4. The lowest BCUT2D eigenvalue weighted by atomic mass is 10.0. The van der Waals surface area contributed by atoms with Crippen molar-refractivity contribution in [3.8, 4) is 0 Å². The predicted molar refractivity (Wildman–Crippen MR) is 79.3 cm³/mol. The smallest absolute Gasteiger partial charge is 0.337 e. The number of nitrogens with one attached hydrogen (secondary N) is 2. The van der Waals surface area contributed by atoms with Crippen LogP contribution in [0.1, 0.15) is 29.6 Å². The third kappa shape index (κ3) is 4.21. The number of amides is 1. The molecule has 1 aromatic carbocycles. The Morgan fingerprint density at radius 3 is 2.50 bits per heavy atom. The lowest BCUT2D eigenvalue weighted by molar-refractivity contribution is -0.118. The van der Waals surface area contributed by atoms with E-state index in [1.54, 1.807) is 24.3 Å². The first-order valence-electron chi connectivity index (χ1n) is 6.43. The first-order chi connectivity index (χ1) is 9.20. The van der Waals surface area contributed by atoms with Crippen LogP contribution in [-0.2, 0) is 9.53 Å². The maximum atomic E-state index is 12.0. The minimum absolute atomic E-state index is 0. The van der Waals surface area contributed by atoms with Gasteiger partial charge in [0, 0.05) is 5.69 Å². The van der Waals surface area contributed by atoms with Crippen molar-refractivity contribution in [3.63, 3.8) is 0 Å². The molecule has 5 nitrogen and oxygen atoms in total. The number of carbonyl (C=O) groups excluding carboxylic acids is 2. The van der Waals surface area contributed by atoms with Crippen LogP contribution in [0, 0.1) is 0 Å². The second kappa shape index (κ2) is 7.87. The Morgan fingerprint density at radius 1 is 1.25 bits per heavy atom. The van der Waals surface area contributed by atoms with Gasteiger partial charge in [0.15, 0.2) is 0 Å². The number of piperidine rings is 1. The van der Waals surface area contributed by atoms with Crippen molar-refractivity contribution in [2.75, 3.05) is 19.0 Å². The zero-order valence-electron chi connectivity index (χ0n) is 11.3. The first-order valence-corrected chi connectivity index (χ1v) is 6.43. The highest BCUT2D eigenvalue weighted by molar-refractivity contribution is 5.95. The van der Waals surface area contributed by atoms with E-state index in [4.69, 9.17) is 0 Å². The van der Waals surface area contributed by atoms with Crippen LogP contribution in [0.3, 0.4) is 0 Å². The van der Waals surface area contributed by atoms with Gasteiger partial charge in [0.25, 0.3) is 0 Å². The number of ether oxygens (including phenoxy) is 1. The van der Waals surface area contributed by atoms with Gasteiger partial charge >= 0.3 is 5.97 Å². The predicted octanol–water partition coefficient (Wildman–Crippen LogP) is 1.98. The summed E-state index contributed by atoms with van der Waals surface area (Å²) < 4.78 is 4.62. The van der Waals surface area contributed by atoms with Gasteiger partial charge in [-0.2, -0.15) is 0 Å². The van der Waals surface area contributed by atoms with Crippen molar-refractivity contribution in [1.82, 2.24) is 5.32 Å². The Bertz CT molecular complexity index is 456. The minimum Gasteiger partial charge on any atom is -0.465 e. The van der Waals surface area contributed by atoms with Gasteiger partial charge in [-0.3, -0.25) is 4.79 Å². The molecular formula is C14H19ClN2O3. The quantitative estimate of drug-likeness (QED) is 0.837. The van der Waals surface area contributed by atoms with Crippen LogP contribution in [0.4, 0.5) is 5.69 Å². The molecule has 1 heterocycles. The third-order valence-corrected chi connectivity index (χ3v) is 3.20. The van der Waals surface area contributed by atoms with Gasteiger partial charge in [0.2, 0.25) is 5.91 Å².